The number of ketones is 1. The predicted molar refractivity (Wildman–Crippen MR) is 88.7 cm³/mol. The minimum absolute atomic E-state index is 0.00644. The third-order valence-corrected chi connectivity index (χ3v) is 3.89. The number of aromatic nitrogens is 1. The van der Waals surface area contributed by atoms with Gasteiger partial charge in [0, 0.05) is 28.7 Å². The van der Waals surface area contributed by atoms with Crippen LogP contribution in [0.25, 0.3) is 10.9 Å². The van der Waals surface area contributed by atoms with Crippen LogP contribution in [0.2, 0.25) is 0 Å². The van der Waals surface area contributed by atoms with Crippen LogP contribution >= 0.6 is 0 Å². The fourth-order valence-electron chi connectivity index (χ4n) is 2.79. The Bertz CT molecular complexity index is 830. The molecule has 2 aromatic carbocycles. The highest BCUT2D eigenvalue weighted by atomic mass is 16.5. The molecule has 0 saturated carbocycles. The summed E-state index contributed by atoms with van der Waals surface area (Å²) in [5.41, 5.74) is 2.39. The van der Waals surface area contributed by atoms with E-state index in [1.165, 1.54) is 0 Å². The lowest BCUT2D eigenvalue weighted by Crippen LogP contribution is -2.04. The first-order chi connectivity index (χ1) is 10.6. The van der Waals surface area contributed by atoms with Gasteiger partial charge in [0.05, 0.1) is 12.7 Å². The summed E-state index contributed by atoms with van der Waals surface area (Å²) in [5, 5.41) is 0.979. The van der Waals surface area contributed by atoms with Gasteiger partial charge >= 0.3 is 0 Å². The standard InChI is InChI=1S/C19H19NO2/c1-13(2)20-12-16(14-8-4-6-10-17(14)20)19(21)15-9-5-7-11-18(15)22-3/h4-13H,1-3H3. The van der Waals surface area contributed by atoms with E-state index in [0.717, 1.165) is 10.9 Å². The summed E-state index contributed by atoms with van der Waals surface area (Å²) in [7, 11) is 1.59. The number of ether oxygens (including phenoxy) is 1. The number of fused-ring (bicyclic) bond motifs is 1. The van der Waals surface area contributed by atoms with Crippen LogP contribution in [0.5, 0.6) is 5.75 Å². The van der Waals surface area contributed by atoms with E-state index in [-0.39, 0.29) is 5.78 Å². The summed E-state index contributed by atoms with van der Waals surface area (Å²) in [6, 6.07) is 15.7. The van der Waals surface area contributed by atoms with Gasteiger partial charge in [-0.15, -0.1) is 0 Å². The molecule has 0 bridgehead atoms. The van der Waals surface area contributed by atoms with Crippen molar-refractivity contribution in [1.82, 2.24) is 4.57 Å². The second kappa shape index (κ2) is 5.68. The van der Waals surface area contributed by atoms with E-state index in [2.05, 4.69) is 18.4 Å². The zero-order valence-corrected chi connectivity index (χ0v) is 13.0. The number of nitrogens with zero attached hydrogens (tertiary/aromatic N) is 1. The molecule has 0 atom stereocenters. The fraction of sp³-hybridized carbons (Fsp3) is 0.211. The summed E-state index contributed by atoms with van der Waals surface area (Å²) in [6.07, 6.45) is 1.95. The zero-order chi connectivity index (χ0) is 15.7. The SMILES string of the molecule is COc1ccccc1C(=O)c1cn(C(C)C)c2ccccc12. The second-order valence-corrected chi connectivity index (χ2v) is 5.59. The molecule has 0 unspecified atom stereocenters. The smallest absolute Gasteiger partial charge is 0.198 e. The highest BCUT2D eigenvalue weighted by molar-refractivity contribution is 6.17. The molecule has 3 aromatic rings. The van der Waals surface area contributed by atoms with Gasteiger partial charge in [0.1, 0.15) is 5.75 Å². The van der Waals surface area contributed by atoms with Gasteiger partial charge in [-0.05, 0) is 32.0 Å². The lowest BCUT2D eigenvalue weighted by Gasteiger charge is -2.08. The van der Waals surface area contributed by atoms with E-state index in [1.807, 2.05) is 54.7 Å². The molecule has 0 spiro atoms. The summed E-state index contributed by atoms with van der Waals surface area (Å²) in [5.74, 6) is 0.599. The molecular weight excluding hydrogens is 274 g/mol. The Morgan fingerprint density at radius 3 is 2.41 bits per heavy atom. The molecule has 0 amide bonds. The molecule has 0 radical (unpaired) electrons. The van der Waals surface area contributed by atoms with Crippen LogP contribution in [0.3, 0.4) is 0 Å². The van der Waals surface area contributed by atoms with Crippen molar-refractivity contribution in [3.8, 4) is 5.75 Å². The van der Waals surface area contributed by atoms with Crippen molar-refractivity contribution >= 4 is 16.7 Å². The molecule has 0 aliphatic heterocycles. The van der Waals surface area contributed by atoms with E-state index >= 15 is 0 Å². The van der Waals surface area contributed by atoms with Crippen LogP contribution in [0.4, 0.5) is 0 Å². The summed E-state index contributed by atoms with van der Waals surface area (Å²) in [4.78, 5) is 13.0. The van der Waals surface area contributed by atoms with Gasteiger partial charge in [-0.2, -0.15) is 0 Å². The third-order valence-electron chi connectivity index (χ3n) is 3.89. The largest absolute Gasteiger partial charge is 0.496 e. The lowest BCUT2D eigenvalue weighted by atomic mass is 10.0. The Labute approximate surface area is 130 Å². The molecule has 3 heteroatoms. The average Bonchev–Trinajstić information content (AvgIpc) is 2.94. The van der Waals surface area contributed by atoms with Gasteiger partial charge in [0.15, 0.2) is 5.78 Å². The van der Waals surface area contributed by atoms with Crippen LogP contribution < -0.4 is 4.74 Å². The van der Waals surface area contributed by atoms with E-state index in [0.29, 0.717) is 22.9 Å². The van der Waals surface area contributed by atoms with E-state index in [4.69, 9.17) is 4.74 Å². The maximum atomic E-state index is 13.0. The minimum atomic E-state index is -0.00644. The van der Waals surface area contributed by atoms with Gasteiger partial charge in [0.25, 0.3) is 0 Å². The molecule has 0 N–H and O–H groups in total. The van der Waals surface area contributed by atoms with Crippen molar-refractivity contribution in [1.29, 1.82) is 0 Å². The van der Waals surface area contributed by atoms with Crippen LogP contribution in [-0.4, -0.2) is 17.5 Å². The lowest BCUT2D eigenvalue weighted by molar-refractivity contribution is 0.103. The van der Waals surface area contributed by atoms with Crippen molar-refractivity contribution < 1.29 is 9.53 Å². The molecule has 0 aliphatic carbocycles. The monoisotopic (exact) mass is 293 g/mol. The van der Waals surface area contributed by atoms with Crippen LogP contribution in [0, 0.1) is 0 Å². The summed E-state index contributed by atoms with van der Waals surface area (Å²) < 4.78 is 7.46. The Kier molecular flexibility index (Phi) is 3.72. The van der Waals surface area contributed by atoms with E-state index in [9.17, 15) is 4.79 Å². The molecule has 0 saturated heterocycles. The van der Waals surface area contributed by atoms with Gasteiger partial charge < -0.3 is 9.30 Å². The van der Waals surface area contributed by atoms with Crippen molar-refractivity contribution in [2.24, 2.45) is 0 Å². The van der Waals surface area contributed by atoms with Crippen molar-refractivity contribution in [2.45, 2.75) is 19.9 Å². The predicted octanol–water partition coefficient (Wildman–Crippen LogP) is 4.46. The number of hydrogen-bond donors (Lipinski definition) is 0. The Hall–Kier alpha value is -2.55. The first kappa shape index (κ1) is 14.4. The van der Waals surface area contributed by atoms with Gasteiger partial charge in [-0.3, -0.25) is 4.79 Å². The summed E-state index contributed by atoms with van der Waals surface area (Å²) in [6.45, 7) is 4.23. The highest BCUT2D eigenvalue weighted by Gasteiger charge is 2.19. The first-order valence-electron chi connectivity index (χ1n) is 7.40. The van der Waals surface area contributed by atoms with Gasteiger partial charge in [-0.1, -0.05) is 30.3 Å². The average molecular weight is 293 g/mol. The van der Waals surface area contributed by atoms with Crippen LogP contribution in [-0.2, 0) is 0 Å². The molecule has 1 heterocycles. The van der Waals surface area contributed by atoms with Crippen LogP contribution in [0.15, 0.2) is 54.7 Å². The first-order valence-corrected chi connectivity index (χ1v) is 7.40. The quantitative estimate of drug-likeness (QED) is 0.665. The highest BCUT2D eigenvalue weighted by Crippen LogP contribution is 2.29. The molecule has 22 heavy (non-hydrogen) atoms. The topological polar surface area (TPSA) is 31.2 Å². The molecule has 1 aromatic heterocycles. The molecular formula is C19H19NO2. The summed E-state index contributed by atoms with van der Waals surface area (Å²) >= 11 is 0. The number of benzene rings is 2. The number of carbonyl (C=O) groups is 1. The maximum absolute atomic E-state index is 13.0. The Morgan fingerprint density at radius 1 is 1.00 bits per heavy atom. The van der Waals surface area contributed by atoms with E-state index < -0.39 is 0 Å². The maximum Gasteiger partial charge on any atom is 0.198 e. The Balaban J connectivity index is 2.20. The molecule has 3 rings (SSSR count). The zero-order valence-electron chi connectivity index (χ0n) is 13.0. The molecule has 0 aliphatic rings. The number of hydrogen-bond acceptors (Lipinski definition) is 2. The van der Waals surface area contributed by atoms with Gasteiger partial charge in [-0.25, -0.2) is 0 Å². The number of methoxy groups -OCH3 is 1. The normalized spacial score (nSPS) is 11.1. The third kappa shape index (κ3) is 2.29. The van der Waals surface area contributed by atoms with Gasteiger partial charge in [0.2, 0.25) is 0 Å². The second-order valence-electron chi connectivity index (χ2n) is 5.59. The van der Waals surface area contributed by atoms with E-state index in [1.54, 1.807) is 7.11 Å². The number of carbonyl (C=O) groups excluding carboxylic acids is 1. The fourth-order valence-corrected chi connectivity index (χ4v) is 2.79. The van der Waals surface area contributed by atoms with Crippen molar-refractivity contribution in [3.63, 3.8) is 0 Å². The number of rotatable bonds is 4. The van der Waals surface area contributed by atoms with Crippen molar-refractivity contribution in [2.75, 3.05) is 7.11 Å². The number of para-hydroxylation sites is 2. The Morgan fingerprint density at radius 2 is 1.68 bits per heavy atom. The van der Waals surface area contributed by atoms with Crippen molar-refractivity contribution in [3.05, 3.63) is 65.9 Å². The molecule has 0 fully saturated rings. The molecule has 3 nitrogen and oxygen atoms in total. The van der Waals surface area contributed by atoms with Crippen LogP contribution in [0.1, 0.15) is 35.8 Å². The minimum Gasteiger partial charge on any atom is -0.496 e. The molecule has 112 valence electrons.